The Morgan fingerprint density at radius 1 is 0.758 bits per heavy atom. The summed E-state index contributed by atoms with van der Waals surface area (Å²) >= 11 is 0. The first kappa shape index (κ1) is 21.5. The fourth-order valence-electron chi connectivity index (χ4n) is 3.39. The highest BCUT2D eigenvalue weighted by Gasteiger charge is 2.24. The Kier molecular flexibility index (Phi) is 5.73. The molecular formula is C23H18N4O6. The second-order valence-corrected chi connectivity index (χ2v) is 6.97. The number of ether oxygens (including phenoxy) is 2. The lowest BCUT2D eigenvalue weighted by molar-refractivity contribution is -0.394. The van der Waals surface area contributed by atoms with Crippen LogP contribution in [0.25, 0.3) is 28.2 Å². The maximum absolute atomic E-state index is 11.8. The van der Waals surface area contributed by atoms with Crippen molar-refractivity contribution in [3.63, 3.8) is 0 Å². The van der Waals surface area contributed by atoms with E-state index in [1.54, 1.807) is 56.7 Å². The molecule has 0 N–H and O–H groups in total. The maximum Gasteiger partial charge on any atom is 0.301 e. The van der Waals surface area contributed by atoms with Gasteiger partial charge in [-0.15, -0.1) is 0 Å². The average Bonchev–Trinajstić information content (AvgIpc) is 3.29. The van der Waals surface area contributed by atoms with Crippen molar-refractivity contribution in [1.82, 2.24) is 9.78 Å². The number of methoxy groups -OCH3 is 2. The summed E-state index contributed by atoms with van der Waals surface area (Å²) in [7, 11) is 3.13. The molecule has 3 aromatic carbocycles. The van der Waals surface area contributed by atoms with Crippen LogP contribution in [-0.2, 0) is 0 Å². The Bertz CT molecular complexity index is 1330. The largest absolute Gasteiger partial charge is 0.497 e. The third-order valence-electron chi connectivity index (χ3n) is 5.08. The average molecular weight is 446 g/mol. The minimum Gasteiger partial charge on any atom is -0.497 e. The number of nitro benzene ring substituents is 2. The fourth-order valence-corrected chi connectivity index (χ4v) is 3.39. The van der Waals surface area contributed by atoms with Crippen molar-refractivity contribution < 1.29 is 19.3 Å². The Labute approximate surface area is 187 Å². The molecule has 166 valence electrons. The molecule has 0 aliphatic rings. The second-order valence-electron chi connectivity index (χ2n) is 6.97. The van der Waals surface area contributed by atoms with Gasteiger partial charge in [0, 0.05) is 17.2 Å². The minimum atomic E-state index is -0.674. The summed E-state index contributed by atoms with van der Waals surface area (Å²) < 4.78 is 11.8. The van der Waals surface area contributed by atoms with Gasteiger partial charge in [0.25, 0.3) is 5.69 Å². The smallest absolute Gasteiger partial charge is 0.301 e. The van der Waals surface area contributed by atoms with Crippen LogP contribution in [0.2, 0.25) is 0 Å². The van der Waals surface area contributed by atoms with Gasteiger partial charge in [0.2, 0.25) is 0 Å². The van der Waals surface area contributed by atoms with Crippen molar-refractivity contribution >= 4 is 11.4 Å². The lowest BCUT2D eigenvalue weighted by Crippen LogP contribution is -2.04. The predicted octanol–water partition coefficient (Wildman–Crippen LogP) is 5.04. The molecule has 0 saturated heterocycles. The summed E-state index contributed by atoms with van der Waals surface area (Å²) in [5.74, 6) is 1.33. The first-order valence-corrected chi connectivity index (χ1v) is 9.73. The van der Waals surface area contributed by atoms with Gasteiger partial charge >= 0.3 is 5.69 Å². The molecule has 0 aliphatic heterocycles. The molecule has 0 saturated carbocycles. The summed E-state index contributed by atoms with van der Waals surface area (Å²) in [6.07, 6.45) is 0. The third-order valence-corrected chi connectivity index (χ3v) is 5.08. The van der Waals surface area contributed by atoms with Crippen LogP contribution < -0.4 is 9.47 Å². The highest BCUT2D eigenvalue weighted by Crippen LogP contribution is 2.34. The number of nitrogens with zero attached hydrogens (tertiary/aromatic N) is 4. The molecule has 0 atom stereocenters. The molecule has 10 nitrogen and oxygen atoms in total. The molecule has 0 bridgehead atoms. The monoisotopic (exact) mass is 446 g/mol. The molecule has 4 aromatic rings. The van der Waals surface area contributed by atoms with Gasteiger partial charge in [0.1, 0.15) is 17.2 Å². The standard InChI is InChI=1S/C23H18N4O6/c1-32-18-8-3-15(4-9-18)20-14-22(16-5-10-19(33-2)11-6-16)25(24-20)21-12-7-17(26(28)29)13-23(21)27(30)31/h3-14H,1-2H3. The topological polar surface area (TPSA) is 123 Å². The molecule has 10 heteroatoms. The van der Waals surface area contributed by atoms with Gasteiger partial charge in [-0.05, 0) is 60.7 Å². The Hall–Kier alpha value is -4.73. The summed E-state index contributed by atoms with van der Waals surface area (Å²) in [5, 5.41) is 27.5. The first-order valence-electron chi connectivity index (χ1n) is 9.73. The Morgan fingerprint density at radius 3 is 1.85 bits per heavy atom. The van der Waals surface area contributed by atoms with Gasteiger partial charge in [0.15, 0.2) is 0 Å². The molecule has 33 heavy (non-hydrogen) atoms. The number of rotatable bonds is 7. The number of non-ortho nitro benzene ring substituents is 1. The van der Waals surface area contributed by atoms with Crippen LogP contribution in [0.5, 0.6) is 11.5 Å². The molecular weight excluding hydrogens is 428 g/mol. The third kappa shape index (κ3) is 4.22. The van der Waals surface area contributed by atoms with E-state index < -0.39 is 15.5 Å². The maximum atomic E-state index is 11.8. The zero-order chi connectivity index (χ0) is 23.5. The van der Waals surface area contributed by atoms with E-state index in [-0.39, 0.29) is 11.4 Å². The van der Waals surface area contributed by atoms with E-state index in [4.69, 9.17) is 9.47 Å². The number of nitro groups is 2. The zero-order valence-electron chi connectivity index (χ0n) is 17.7. The summed E-state index contributed by atoms with van der Waals surface area (Å²) in [6.45, 7) is 0. The Morgan fingerprint density at radius 2 is 1.33 bits per heavy atom. The van der Waals surface area contributed by atoms with E-state index in [0.717, 1.165) is 17.2 Å². The van der Waals surface area contributed by atoms with Crippen LogP contribution in [0, 0.1) is 20.2 Å². The second kappa shape index (κ2) is 8.79. The van der Waals surface area contributed by atoms with Gasteiger partial charge in [-0.1, -0.05) is 0 Å². The van der Waals surface area contributed by atoms with E-state index >= 15 is 0 Å². The number of aromatic nitrogens is 2. The minimum absolute atomic E-state index is 0.108. The highest BCUT2D eigenvalue weighted by molar-refractivity contribution is 5.73. The van der Waals surface area contributed by atoms with Crippen LogP contribution in [0.1, 0.15) is 0 Å². The van der Waals surface area contributed by atoms with Crippen molar-refractivity contribution in [2.45, 2.75) is 0 Å². The molecule has 0 spiro atoms. The molecule has 0 unspecified atom stereocenters. The number of hydrogen-bond donors (Lipinski definition) is 0. The normalized spacial score (nSPS) is 10.6. The van der Waals surface area contributed by atoms with Gasteiger partial charge in [-0.25, -0.2) is 4.68 Å². The van der Waals surface area contributed by atoms with E-state index in [9.17, 15) is 20.2 Å². The summed E-state index contributed by atoms with van der Waals surface area (Å²) in [6, 6.07) is 19.7. The molecule has 0 aliphatic carbocycles. The summed E-state index contributed by atoms with van der Waals surface area (Å²) in [4.78, 5) is 21.6. The quantitative estimate of drug-likeness (QED) is 0.288. The SMILES string of the molecule is COc1ccc(-c2cc(-c3ccc(OC)cc3)n(-c3ccc([N+](=O)[O-])cc3[N+](=O)[O-])n2)cc1. The van der Waals surface area contributed by atoms with Crippen LogP contribution in [0.4, 0.5) is 11.4 Å². The highest BCUT2D eigenvalue weighted by atomic mass is 16.6. The molecule has 0 fully saturated rings. The van der Waals surface area contributed by atoms with Crippen LogP contribution >= 0.6 is 0 Å². The molecule has 1 heterocycles. The number of benzene rings is 3. The van der Waals surface area contributed by atoms with Crippen LogP contribution in [-0.4, -0.2) is 33.8 Å². The fraction of sp³-hybridized carbons (Fsp3) is 0.0870. The molecule has 4 rings (SSSR count). The lowest BCUT2D eigenvalue weighted by Gasteiger charge is -2.09. The van der Waals surface area contributed by atoms with E-state index in [1.807, 2.05) is 12.1 Å². The number of hydrogen-bond acceptors (Lipinski definition) is 7. The van der Waals surface area contributed by atoms with Gasteiger partial charge < -0.3 is 9.47 Å². The van der Waals surface area contributed by atoms with Crippen LogP contribution in [0.15, 0.2) is 72.8 Å². The summed E-state index contributed by atoms with van der Waals surface area (Å²) in [5.41, 5.74) is 1.94. The van der Waals surface area contributed by atoms with Crippen LogP contribution in [0.3, 0.4) is 0 Å². The first-order chi connectivity index (χ1) is 15.9. The molecule has 0 amide bonds. The van der Waals surface area contributed by atoms with E-state index in [2.05, 4.69) is 5.10 Å². The van der Waals surface area contributed by atoms with E-state index in [1.165, 1.54) is 16.8 Å². The van der Waals surface area contributed by atoms with Crippen molar-refractivity contribution in [1.29, 1.82) is 0 Å². The zero-order valence-corrected chi connectivity index (χ0v) is 17.7. The predicted molar refractivity (Wildman–Crippen MR) is 121 cm³/mol. The molecule has 0 radical (unpaired) electrons. The van der Waals surface area contributed by atoms with Crippen molar-refractivity contribution in [2.75, 3.05) is 14.2 Å². The van der Waals surface area contributed by atoms with Gasteiger partial charge in [0.05, 0.1) is 41.5 Å². The Balaban J connectivity index is 1.93. The van der Waals surface area contributed by atoms with Crippen molar-refractivity contribution in [2.24, 2.45) is 0 Å². The van der Waals surface area contributed by atoms with Gasteiger partial charge in [-0.2, -0.15) is 5.10 Å². The van der Waals surface area contributed by atoms with Crippen molar-refractivity contribution in [3.8, 4) is 39.7 Å². The van der Waals surface area contributed by atoms with Crippen molar-refractivity contribution in [3.05, 3.63) is 93.0 Å². The van der Waals surface area contributed by atoms with Gasteiger partial charge in [-0.3, -0.25) is 20.2 Å². The van der Waals surface area contributed by atoms with E-state index in [0.29, 0.717) is 22.9 Å². The molecule has 1 aromatic heterocycles. The lowest BCUT2D eigenvalue weighted by atomic mass is 10.1.